The van der Waals surface area contributed by atoms with Crippen LogP contribution < -0.4 is 11.1 Å². The van der Waals surface area contributed by atoms with Crippen molar-refractivity contribution in [2.45, 2.75) is 26.8 Å². The Hall–Kier alpha value is -1.00. The van der Waals surface area contributed by atoms with Crippen molar-refractivity contribution in [2.75, 3.05) is 18.1 Å². The number of aryl methyl sites for hydroxylation is 2. The van der Waals surface area contributed by atoms with Crippen LogP contribution in [0.15, 0.2) is 18.2 Å². The first-order valence-corrected chi connectivity index (χ1v) is 7.36. The maximum atomic E-state index is 10.8. The number of hydrogen-bond donors (Lipinski definition) is 2. The van der Waals surface area contributed by atoms with Crippen LogP contribution >= 0.6 is 11.8 Å². The number of nitrogens with two attached hydrogens (primary N) is 1. The predicted molar refractivity (Wildman–Crippen MR) is 78.9 cm³/mol. The second-order valence-electron chi connectivity index (χ2n) is 4.44. The Bertz CT molecular complexity index is 407. The molecule has 0 aromatic heterocycles. The lowest BCUT2D eigenvalue weighted by Crippen LogP contribution is -2.24. The second-order valence-corrected chi connectivity index (χ2v) is 5.47. The third-order valence-electron chi connectivity index (χ3n) is 2.91. The fraction of sp³-hybridized carbons (Fsp3) is 0.500. The molecular weight excluding hydrogens is 244 g/mol. The van der Waals surface area contributed by atoms with Crippen molar-refractivity contribution < 1.29 is 4.79 Å². The fourth-order valence-corrected chi connectivity index (χ4v) is 2.64. The number of amides is 1. The van der Waals surface area contributed by atoms with Gasteiger partial charge in [0.1, 0.15) is 0 Å². The van der Waals surface area contributed by atoms with Crippen LogP contribution in [0.1, 0.15) is 29.7 Å². The van der Waals surface area contributed by atoms with E-state index in [4.69, 9.17) is 5.73 Å². The van der Waals surface area contributed by atoms with Gasteiger partial charge < -0.3 is 11.1 Å². The van der Waals surface area contributed by atoms with Gasteiger partial charge in [-0.15, -0.1) is 0 Å². The van der Waals surface area contributed by atoms with Gasteiger partial charge in [-0.05, 0) is 37.1 Å². The standard InChI is InChI=1S/C14H22N2OS/c1-4-16-13(8-18-9-14(15)17)12-6-5-10(2)11(3)7-12/h5-7,13,16H,4,8-9H2,1-3H3,(H2,15,17). The highest BCUT2D eigenvalue weighted by atomic mass is 32.2. The van der Waals surface area contributed by atoms with Crippen molar-refractivity contribution in [3.63, 3.8) is 0 Å². The monoisotopic (exact) mass is 266 g/mol. The summed E-state index contributed by atoms with van der Waals surface area (Å²) in [5.74, 6) is 0.988. The first-order valence-electron chi connectivity index (χ1n) is 6.21. The number of primary amides is 1. The van der Waals surface area contributed by atoms with Crippen LogP contribution in [0.5, 0.6) is 0 Å². The first kappa shape index (κ1) is 15.1. The maximum absolute atomic E-state index is 10.8. The molecular formula is C14H22N2OS. The smallest absolute Gasteiger partial charge is 0.227 e. The van der Waals surface area contributed by atoms with Crippen LogP contribution in [-0.4, -0.2) is 24.0 Å². The molecule has 0 heterocycles. The molecule has 18 heavy (non-hydrogen) atoms. The molecule has 0 radical (unpaired) electrons. The molecule has 1 unspecified atom stereocenters. The summed E-state index contributed by atoms with van der Waals surface area (Å²) in [6.45, 7) is 7.24. The summed E-state index contributed by atoms with van der Waals surface area (Å²) >= 11 is 1.58. The summed E-state index contributed by atoms with van der Waals surface area (Å²) in [7, 11) is 0. The van der Waals surface area contributed by atoms with Crippen LogP contribution in [0.2, 0.25) is 0 Å². The number of nitrogens with one attached hydrogen (secondary N) is 1. The summed E-state index contributed by atoms with van der Waals surface area (Å²) in [5.41, 5.74) is 9.04. The van der Waals surface area contributed by atoms with Crippen molar-refractivity contribution in [3.05, 3.63) is 34.9 Å². The molecule has 3 N–H and O–H groups in total. The zero-order valence-electron chi connectivity index (χ0n) is 11.3. The van der Waals surface area contributed by atoms with Crippen LogP contribution in [0, 0.1) is 13.8 Å². The SMILES string of the molecule is CCNC(CSCC(N)=O)c1ccc(C)c(C)c1. The summed E-state index contributed by atoms with van der Waals surface area (Å²) < 4.78 is 0. The molecule has 0 aliphatic carbocycles. The van der Waals surface area contributed by atoms with E-state index in [0.717, 1.165) is 12.3 Å². The van der Waals surface area contributed by atoms with E-state index in [1.807, 2.05) is 0 Å². The molecule has 0 fully saturated rings. The summed E-state index contributed by atoms with van der Waals surface area (Å²) in [5, 5.41) is 3.45. The highest BCUT2D eigenvalue weighted by Gasteiger charge is 2.11. The van der Waals surface area contributed by atoms with Crippen molar-refractivity contribution in [1.82, 2.24) is 5.32 Å². The van der Waals surface area contributed by atoms with E-state index < -0.39 is 0 Å². The molecule has 0 aliphatic heterocycles. The van der Waals surface area contributed by atoms with Gasteiger partial charge in [0.2, 0.25) is 5.91 Å². The average Bonchev–Trinajstić information content (AvgIpc) is 2.31. The zero-order valence-corrected chi connectivity index (χ0v) is 12.1. The number of hydrogen-bond acceptors (Lipinski definition) is 3. The molecule has 100 valence electrons. The molecule has 1 aromatic carbocycles. The van der Waals surface area contributed by atoms with Gasteiger partial charge in [0, 0.05) is 11.8 Å². The molecule has 1 aromatic rings. The van der Waals surface area contributed by atoms with Gasteiger partial charge in [0.15, 0.2) is 0 Å². The Morgan fingerprint density at radius 3 is 2.67 bits per heavy atom. The van der Waals surface area contributed by atoms with Gasteiger partial charge in [-0.3, -0.25) is 4.79 Å². The van der Waals surface area contributed by atoms with E-state index in [-0.39, 0.29) is 11.9 Å². The Morgan fingerprint density at radius 1 is 1.39 bits per heavy atom. The van der Waals surface area contributed by atoms with Crippen molar-refractivity contribution in [2.24, 2.45) is 5.73 Å². The van der Waals surface area contributed by atoms with Gasteiger partial charge in [-0.1, -0.05) is 25.1 Å². The molecule has 0 aliphatic rings. The molecule has 0 spiro atoms. The van der Waals surface area contributed by atoms with E-state index in [1.54, 1.807) is 11.8 Å². The predicted octanol–water partition coefficient (Wildman–Crippen LogP) is 2.17. The van der Waals surface area contributed by atoms with Crippen molar-refractivity contribution >= 4 is 17.7 Å². The average molecular weight is 266 g/mol. The lowest BCUT2D eigenvalue weighted by Gasteiger charge is -2.19. The van der Waals surface area contributed by atoms with Gasteiger partial charge in [-0.25, -0.2) is 0 Å². The van der Waals surface area contributed by atoms with Crippen molar-refractivity contribution in [1.29, 1.82) is 0 Å². The number of thioether (sulfide) groups is 1. The Labute approximate surface area is 114 Å². The zero-order chi connectivity index (χ0) is 13.5. The van der Waals surface area contributed by atoms with Crippen LogP contribution in [-0.2, 0) is 4.79 Å². The maximum Gasteiger partial charge on any atom is 0.227 e. The van der Waals surface area contributed by atoms with Crippen LogP contribution in [0.4, 0.5) is 0 Å². The number of benzene rings is 1. The minimum absolute atomic E-state index is 0.254. The molecule has 0 saturated heterocycles. The van der Waals surface area contributed by atoms with Crippen molar-refractivity contribution in [3.8, 4) is 0 Å². The third kappa shape index (κ3) is 4.70. The van der Waals surface area contributed by atoms with E-state index in [9.17, 15) is 4.79 Å². The first-order chi connectivity index (χ1) is 8.54. The quantitative estimate of drug-likeness (QED) is 0.795. The Kier molecular flexibility index (Phi) is 6.22. The molecule has 1 rings (SSSR count). The van der Waals surface area contributed by atoms with E-state index in [0.29, 0.717) is 5.75 Å². The summed E-state index contributed by atoms with van der Waals surface area (Å²) in [6.07, 6.45) is 0. The molecule has 0 bridgehead atoms. The van der Waals surface area contributed by atoms with Gasteiger partial charge in [0.25, 0.3) is 0 Å². The topological polar surface area (TPSA) is 55.1 Å². The summed E-state index contributed by atoms with van der Waals surface area (Å²) in [4.78, 5) is 10.8. The molecule has 0 saturated carbocycles. The van der Waals surface area contributed by atoms with E-state index in [2.05, 4.69) is 44.3 Å². The van der Waals surface area contributed by atoms with Gasteiger partial charge in [0.05, 0.1) is 5.75 Å². The number of rotatable bonds is 7. The molecule has 3 nitrogen and oxygen atoms in total. The van der Waals surface area contributed by atoms with E-state index in [1.165, 1.54) is 16.7 Å². The molecule has 4 heteroatoms. The molecule has 1 atom stereocenters. The molecule has 1 amide bonds. The van der Waals surface area contributed by atoms with E-state index >= 15 is 0 Å². The largest absolute Gasteiger partial charge is 0.369 e. The highest BCUT2D eigenvalue weighted by molar-refractivity contribution is 7.99. The number of carbonyl (C=O) groups excluding carboxylic acids is 1. The normalized spacial score (nSPS) is 12.4. The Balaban J connectivity index is 2.70. The van der Waals surface area contributed by atoms with Crippen LogP contribution in [0.25, 0.3) is 0 Å². The minimum atomic E-state index is -0.254. The van der Waals surface area contributed by atoms with Gasteiger partial charge in [-0.2, -0.15) is 11.8 Å². The minimum Gasteiger partial charge on any atom is -0.369 e. The highest BCUT2D eigenvalue weighted by Crippen LogP contribution is 2.21. The number of carbonyl (C=O) groups is 1. The lowest BCUT2D eigenvalue weighted by atomic mass is 10.0. The summed E-state index contributed by atoms with van der Waals surface area (Å²) in [6, 6.07) is 6.79. The fourth-order valence-electron chi connectivity index (χ4n) is 1.78. The Morgan fingerprint density at radius 2 is 2.11 bits per heavy atom. The second kappa shape index (κ2) is 7.44. The van der Waals surface area contributed by atoms with Crippen LogP contribution in [0.3, 0.4) is 0 Å². The van der Waals surface area contributed by atoms with Gasteiger partial charge >= 0.3 is 0 Å². The third-order valence-corrected chi connectivity index (χ3v) is 3.97. The lowest BCUT2D eigenvalue weighted by molar-refractivity contribution is -0.115.